The van der Waals surface area contributed by atoms with Crippen molar-refractivity contribution in [1.29, 1.82) is 0 Å². The number of hydrogen-bond acceptors (Lipinski definition) is 0. The van der Waals surface area contributed by atoms with Crippen molar-refractivity contribution in [2.75, 3.05) is 13.3 Å². The van der Waals surface area contributed by atoms with Gasteiger partial charge in [-0.2, -0.15) is 0 Å². The van der Waals surface area contributed by atoms with Crippen molar-refractivity contribution in [1.82, 2.24) is 0 Å². The second kappa shape index (κ2) is 2.18. The van der Waals surface area contributed by atoms with Crippen LogP contribution in [-0.2, 0) is 0 Å². The molecule has 0 bridgehead atoms. The molecule has 0 fully saturated rings. The summed E-state index contributed by atoms with van der Waals surface area (Å²) in [7, 11) is 1.67. The zero-order valence-electron chi connectivity index (χ0n) is 6.08. The average Bonchev–Trinajstić information content (AvgIpc) is 1.31. The average molecular weight is 118 g/mol. The number of hydrogen-bond donors (Lipinski definition) is 0. The molecule has 0 saturated carbocycles. The van der Waals surface area contributed by atoms with Crippen LogP contribution in [0.3, 0.4) is 0 Å². The predicted octanol–water partition coefficient (Wildman–Crippen LogP) is 0.952. The second-order valence-electron chi connectivity index (χ2n) is 3.52. The topological polar surface area (TPSA) is 0 Å². The molecule has 0 aliphatic carbocycles. The predicted molar refractivity (Wildman–Crippen MR) is 43.8 cm³/mol. The third kappa shape index (κ3) is 3.11. The van der Waals surface area contributed by atoms with Crippen LogP contribution in [0.1, 0.15) is 13.8 Å². The Labute approximate surface area is 48.4 Å². The summed E-state index contributed by atoms with van der Waals surface area (Å²) in [5.74, 6) is 0. The third-order valence-electron chi connectivity index (χ3n) is 1.73. The summed E-state index contributed by atoms with van der Waals surface area (Å²) in [6.45, 7) is 9.42. The summed E-state index contributed by atoms with van der Waals surface area (Å²) in [5.41, 5.74) is 0.937. The van der Waals surface area contributed by atoms with Gasteiger partial charge in [0.2, 0.25) is 0 Å². The zero-order valence-corrected chi connectivity index (χ0v) is 7.08. The maximum absolute atomic E-state index is 2.40. The van der Waals surface area contributed by atoms with Gasteiger partial charge in [-0.1, -0.05) is 0 Å². The van der Waals surface area contributed by atoms with Crippen LogP contribution < -0.4 is 0 Å². The van der Waals surface area contributed by atoms with Gasteiger partial charge in [0.25, 0.3) is 0 Å². The molecule has 0 atom stereocenters. The van der Waals surface area contributed by atoms with E-state index in [4.69, 9.17) is 0 Å². The summed E-state index contributed by atoms with van der Waals surface area (Å²) in [5, 5.41) is 0. The molecule has 0 N–H and O–H groups in total. The molecule has 0 aromatic rings. The van der Waals surface area contributed by atoms with Crippen molar-refractivity contribution in [3.63, 3.8) is 0 Å². The Kier molecular flexibility index (Phi) is 2.33. The first-order valence-electron chi connectivity index (χ1n) is 2.94. The van der Waals surface area contributed by atoms with Crippen LogP contribution in [0.2, 0.25) is 0 Å². The quantitative estimate of drug-likeness (QED) is 0.355. The minimum atomic E-state index is -0.735. The molecule has 44 valence electrons. The van der Waals surface area contributed by atoms with Crippen LogP contribution in [0.25, 0.3) is 0 Å². The molecule has 0 unspecified atom stereocenters. The van der Waals surface area contributed by atoms with E-state index in [0.717, 1.165) is 5.66 Å². The Balaban J connectivity index is 3.54. The van der Waals surface area contributed by atoms with E-state index in [9.17, 15) is 0 Å². The Hall–Kier alpha value is 0.495. The van der Waals surface area contributed by atoms with Crippen molar-refractivity contribution < 1.29 is 0 Å². The zero-order chi connectivity index (χ0) is 6.08. The standard InChI is InChI=1S/C5H16BP/c1-5(2)7(3,4)6/h5,7H,6H2,1-4H3. The molecule has 0 rings (SSSR count). The summed E-state index contributed by atoms with van der Waals surface area (Å²) in [4.78, 5) is 0. The summed E-state index contributed by atoms with van der Waals surface area (Å²) >= 11 is 0. The summed E-state index contributed by atoms with van der Waals surface area (Å²) in [6.07, 6.45) is 0. The van der Waals surface area contributed by atoms with Crippen LogP contribution >= 0.6 is 7.14 Å². The SMILES string of the molecule is B[PH](C)(C)C(C)C. The van der Waals surface area contributed by atoms with Gasteiger partial charge >= 0.3 is 47.5 Å². The van der Waals surface area contributed by atoms with Gasteiger partial charge in [0.15, 0.2) is 0 Å². The molecule has 0 aliphatic heterocycles. The van der Waals surface area contributed by atoms with E-state index in [1.165, 1.54) is 0 Å². The normalized spacial score (nSPS) is 15.0. The molecule has 0 aromatic carbocycles. The molecule has 0 aromatic heterocycles. The van der Waals surface area contributed by atoms with E-state index in [2.05, 4.69) is 34.7 Å². The molecule has 0 amide bonds. The van der Waals surface area contributed by atoms with Gasteiger partial charge in [0.05, 0.1) is 0 Å². The maximum atomic E-state index is 2.40. The molecule has 0 nitrogen and oxygen atoms in total. The van der Waals surface area contributed by atoms with Crippen molar-refractivity contribution in [3.05, 3.63) is 0 Å². The second-order valence-corrected chi connectivity index (χ2v) is 9.41. The van der Waals surface area contributed by atoms with E-state index in [-0.39, 0.29) is 0 Å². The van der Waals surface area contributed by atoms with Gasteiger partial charge in [-0.05, 0) is 0 Å². The molecule has 2 heteroatoms. The van der Waals surface area contributed by atoms with Gasteiger partial charge in [-0.15, -0.1) is 0 Å². The summed E-state index contributed by atoms with van der Waals surface area (Å²) < 4.78 is 0. The van der Waals surface area contributed by atoms with Crippen LogP contribution in [0.5, 0.6) is 0 Å². The Bertz CT molecular complexity index is 53.6. The molecule has 0 saturated heterocycles. The Morgan fingerprint density at radius 3 is 1.43 bits per heavy atom. The fourth-order valence-corrected chi connectivity index (χ4v) is 0. The molecule has 0 aliphatic rings. The molecular weight excluding hydrogens is 102 g/mol. The van der Waals surface area contributed by atoms with Crippen molar-refractivity contribution >= 4 is 14.7 Å². The summed E-state index contributed by atoms with van der Waals surface area (Å²) in [6, 6.07) is 0. The number of rotatable bonds is 1. The van der Waals surface area contributed by atoms with Gasteiger partial charge in [0, 0.05) is 0 Å². The van der Waals surface area contributed by atoms with E-state index in [0.29, 0.717) is 0 Å². The van der Waals surface area contributed by atoms with Gasteiger partial charge in [-0.25, -0.2) is 0 Å². The van der Waals surface area contributed by atoms with Crippen molar-refractivity contribution in [3.8, 4) is 0 Å². The monoisotopic (exact) mass is 118 g/mol. The van der Waals surface area contributed by atoms with Gasteiger partial charge < -0.3 is 0 Å². The van der Waals surface area contributed by atoms with E-state index >= 15 is 0 Å². The molecule has 7 heavy (non-hydrogen) atoms. The molecular formula is C5H16BP. The van der Waals surface area contributed by atoms with Crippen LogP contribution in [-0.4, -0.2) is 26.6 Å². The van der Waals surface area contributed by atoms with Crippen molar-refractivity contribution in [2.24, 2.45) is 0 Å². The van der Waals surface area contributed by atoms with Crippen LogP contribution in [0.4, 0.5) is 0 Å². The fourth-order valence-electron chi connectivity index (χ4n) is 0. The Morgan fingerprint density at radius 1 is 1.29 bits per heavy atom. The molecule has 0 spiro atoms. The van der Waals surface area contributed by atoms with E-state index < -0.39 is 7.14 Å². The first kappa shape index (κ1) is 7.49. The molecule has 0 radical (unpaired) electrons. The third-order valence-corrected chi connectivity index (χ3v) is 5.20. The van der Waals surface area contributed by atoms with Crippen molar-refractivity contribution in [2.45, 2.75) is 19.5 Å². The Morgan fingerprint density at radius 2 is 1.43 bits per heavy atom. The minimum absolute atomic E-state index is 0.735. The fraction of sp³-hybridized carbons (Fsp3) is 1.00. The molecule has 0 heterocycles. The van der Waals surface area contributed by atoms with E-state index in [1.54, 1.807) is 0 Å². The van der Waals surface area contributed by atoms with Gasteiger partial charge in [0.1, 0.15) is 0 Å². The first-order valence-corrected chi connectivity index (χ1v) is 6.52. The van der Waals surface area contributed by atoms with Crippen LogP contribution in [0, 0.1) is 0 Å². The van der Waals surface area contributed by atoms with Crippen LogP contribution in [0.15, 0.2) is 0 Å². The van der Waals surface area contributed by atoms with Gasteiger partial charge in [-0.3, -0.25) is 0 Å². The van der Waals surface area contributed by atoms with E-state index in [1.807, 2.05) is 0 Å². The first-order chi connectivity index (χ1) is 2.94.